The summed E-state index contributed by atoms with van der Waals surface area (Å²) in [5, 5.41) is 2.98. The van der Waals surface area contributed by atoms with Crippen molar-refractivity contribution in [3.63, 3.8) is 0 Å². The molecule has 0 bridgehead atoms. The SMILES string of the molecule is CCC(C)NC(=O)C(CC)N(Cc1cccc(C)c1)C(=O)CN(c1cccc(C)c1C)S(C)(=O)=O. The van der Waals surface area contributed by atoms with Crippen molar-refractivity contribution >= 4 is 27.5 Å². The molecule has 2 aromatic rings. The van der Waals surface area contributed by atoms with Gasteiger partial charge in [-0.1, -0.05) is 55.8 Å². The van der Waals surface area contributed by atoms with Crippen molar-refractivity contribution in [2.45, 2.75) is 73.0 Å². The molecule has 8 heteroatoms. The number of anilines is 1. The van der Waals surface area contributed by atoms with Gasteiger partial charge in [0.1, 0.15) is 12.6 Å². The van der Waals surface area contributed by atoms with Crippen molar-refractivity contribution in [2.75, 3.05) is 17.1 Å². The predicted molar refractivity (Wildman–Crippen MR) is 142 cm³/mol. The van der Waals surface area contributed by atoms with Gasteiger partial charge in [0.25, 0.3) is 0 Å². The number of carbonyl (C=O) groups excluding carboxylic acids is 2. The highest BCUT2D eigenvalue weighted by Gasteiger charge is 2.32. The molecule has 0 spiro atoms. The Morgan fingerprint density at radius 2 is 1.66 bits per heavy atom. The summed E-state index contributed by atoms with van der Waals surface area (Å²) >= 11 is 0. The van der Waals surface area contributed by atoms with Gasteiger partial charge in [-0.05, 0) is 63.3 Å². The fourth-order valence-electron chi connectivity index (χ4n) is 3.97. The van der Waals surface area contributed by atoms with Gasteiger partial charge in [0, 0.05) is 12.6 Å². The highest BCUT2D eigenvalue weighted by molar-refractivity contribution is 7.92. The molecule has 2 rings (SSSR count). The molecule has 2 amide bonds. The number of nitrogens with one attached hydrogen (secondary N) is 1. The first-order valence-corrected chi connectivity index (χ1v) is 13.9. The molecule has 0 aromatic heterocycles. The van der Waals surface area contributed by atoms with E-state index in [2.05, 4.69) is 5.32 Å². The van der Waals surface area contributed by atoms with Crippen molar-refractivity contribution < 1.29 is 18.0 Å². The second-order valence-electron chi connectivity index (χ2n) is 9.24. The van der Waals surface area contributed by atoms with E-state index in [1.54, 1.807) is 12.1 Å². The maximum absolute atomic E-state index is 13.8. The van der Waals surface area contributed by atoms with E-state index in [1.165, 1.54) is 4.90 Å². The van der Waals surface area contributed by atoms with Crippen LogP contribution in [-0.4, -0.2) is 50.0 Å². The van der Waals surface area contributed by atoms with Crippen molar-refractivity contribution in [3.8, 4) is 0 Å². The quantitative estimate of drug-likeness (QED) is 0.502. The summed E-state index contributed by atoms with van der Waals surface area (Å²) in [6.07, 6.45) is 2.27. The van der Waals surface area contributed by atoms with Crippen LogP contribution >= 0.6 is 0 Å². The zero-order valence-electron chi connectivity index (χ0n) is 22.0. The van der Waals surface area contributed by atoms with Gasteiger partial charge in [-0.25, -0.2) is 8.42 Å². The zero-order valence-corrected chi connectivity index (χ0v) is 22.8. The number of carbonyl (C=O) groups is 2. The molecule has 2 atom stereocenters. The number of benzene rings is 2. The van der Waals surface area contributed by atoms with Gasteiger partial charge in [-0.2, -0.15) is 0 Å². The average Bonchev–Trinajstić information content (AvgIpc) is 2.78. The van der Waals surface area contributed by atoms with Crippen LogP contribution in [0, 0.1) is 20.8 Å². The number of rotatable bonds is 11. The van der Waals surface area contributed by atoms with Gasteiger partial charge in [0.05, 0.1) is 11.9 Å². The van der Waals surface area contributed by atoms with Gasteiger partial charge < -0.3 is 10.2 Å². The molecule has 1 N–H and O–H groups in total. The predicted octanol–water partition coefficient (Wildman–Crippen LogP) is 4.10. The van der Waals surface area contributed by atoms with Crippen LogP contribution in [0.4, 0.5) is 5.69 Å². The van der Waals surface area contributed by atoms with Crippen LogP contribution in [-0.2, 0) is 26.2 Å². The van der Waals surface area contributed by atoms with Crippen LogP contribution in [0.25, 0.3) is 0 Å². The van der Waals surface area contributed by atoms with E-state index in [0.717, 1.165) is 39.2 Å². The topological polar surface area (TPSA) is 86.8 Å². The molecule has 0 aliphatic carbocycles. The van der Waals surface area contributed by atoms with Crippen LogP contribution in [0.5, 0.6) is 0 Å². The lowest BCUT2D eigenvalue weighted by molar-refractivity contribution is -0.140. The maximum Gasteiger partial charge on any atom is 0.244 e. The summed E-state index contributed by atoms with van der Waals surface area (Å²) in [7, 11) is -3.76. The fraction of sp³-hybridized carbons (Fsp3) is 0.481. The number of sulfonamides is 1. The van der Waals surface area contributed by atoms with Crippen LogP contribution in [0.2, 0.25) is 0 Å². The summed E-state index contributed by atoms with van der Waals surface area (Å²) in [5.74, 6) is -0.663. The summed E-state index contributed by atoms with van der Waals surface area (Å²) in [6.45, 7) is 11.3. The van der Waals surface area contributed by atoms with Gasteiger partial charge >= 0.3 is 0 Å². The molecule has 0 heterocycles. The van der Waals surface area contributed by atoms with Crippen LogP contribution < -0.4 is 9.62 Å². The lowest BCUT2D eigenvalue weighted by atomic mass is 10.1. The number of hydrogen-bond donors (Lipinski definition) is 1. The third-order valence-corrected chi connectivity index (χ3v) is 7.47. The highest BCUT2D eigenvalue weighted by Crippen LogP contribution is 2.25. The Labute approximate surface area is 210 Å². The first kappa shape index (κ1) is 28.4. The van der Waals surface area contributed by atoms with Crippen LogP contribution in [0.15, 0.2) is 42.5 Å². The van der Waals surface area contributed by atoms with Crippen molar-refractivity contribution in [2.24, 2.45) is 0 Å². The third kappa shape index (κ3) is 7.56. The van der Waals surface area contributed by atoms with Crippen LogP contribution in [0.1, 0.15) is 55.9 Å². The molecule has 0 aliphatic heterocycles. The number of hydrogen-bond acceptors (Lipinski definition) is 4. The molecule has 192 valence electrons. The molecule has 2 aromatic carbocycles. The molecular formula is C27H39N3O4S. The molecule has 0 fully saturated rings. The highest BCUT2D eigenvalue weighted by atomic mass is 32.2. The lowest BCUT2D eigenvalue weighted by Gasteiger charge is -2.33. The molecule has 7 nitrogen and oxygen atoms in total. The minimum atomic E-state index is -3.76. The van der Waals surface area contributed by atoms with Gasteiger partial charge in [-0.3, -0.25) is 13.9 Å². The molecule has 0 saturated heterocycles. The number of nitrogens with zero attached hydrogens (tertiary/aromatic N) is 2. The normalized spacial score (nSPS) is 13.1. The molecule has 0 saturated carbocycles. The van der Waals surface area contributed by atoms with Crippen molar-refractivity contribution in [1.82, 2.24) is 10.2 Å². The van der Waals surface area contributed by atoms with Gasteiger partial charge in [-0.15, -0.1) is 0 Å². The Hall–Kier alpha value is -2.87. The van der Waals surface area contributed by atoms with Gasteiger partial charge in [0.15, 0.2) is 0 Å². The Balaban J connectivity index is 2.49. The van der Waals surface area contributed by atoms with E-state index >= 15 is 0 Å². The minimum absolute atomic E-state index is 0.0325. The monoisotopic (exact) mass is 501 g/mol. The maximum atomic E-state index is 13.8. The molecule has 0 radical (unpaired) electrons. The van der Waals surface area contributed by atoms with Gasteiger partial charge in [0.2, 0.25) is 21.8 Å². The summed E-state index contributed by atoms with van der Waals surface area (Å²) in [5.41, 5.74) is 4.11. The third-order valence-electron chi connectivity index (χ3n) is 6.35. The summed E-state index contributed by atoms with van der Waals surface area (Å²) in [6, 6.07) is 12.4. The van der Waals surface area contributed by atoms with Crippen LogP contribution in [0.3, 0.4) is 0 Å². The van der Waals surface area contributed by atoms with E-state index in [1.807, 2.05) is 71.9 Å². The number of aryl methyl sites for hydroxylation is 2. The fourth-order valence-corrected chi connectivity index (χ4v) is 4.87. The molecule has 0 aliphatic rings. The molecular weight excluding hydrogens is 462 g/mol. The second-order valence-corrected chi connectivity index (χ2v) is 11.1. The zero-order chi connectivity index (χ0) is 26.3. The van der Waals surface area contributed by atoms with E-state index < -0.39 is 22.0 Å². The van der Waals surface area contributed by atoms with E-state index in [-0.39, 0.29) is 25.0 Å². The molecule has 35 heavy (non-hydrogen) atoms. The largest absolute Gasteiger partial charge is 0.352 e. The second kappa shape index (κ2) is 12.2. The standard InChI is InChI=1S/C27H39N3O4S/c1-8-21(5)28-27(32)24(9-2)29(17-23-14-10-12-19(3)16-23)26(31)18-30(35(7,33)34)25-15-11-13-20(4)22(25)6/h10-16,21,24H,8-9,17-18H2,1-7H3,(H,28,32). The first-order valence-electron chi connectivity index (χ1n) is 12.1. The lowest BCUT2D eigenvalue weighted by Crippen LogP contribution is -2.53. The molecule has 2 unspecified atom stereocenters. The summed E-state index contributed by atoms with van der Waals surface area (Å²) in [4.78, 5) is 28.4. The Morgan fingerprint density at radius 3 is 2.23 bits per heavy atom. The van der Waals surface area contributed by atoms with Crippen molar-refractivity contribution in [1.29, 1.82) is 0 Å². The van der Waals surface area contributed by atoms with Crippen molar-refractivity contribution in [3.05, 3.63) is 64.7 Å². The minimum Gasteiger partial charge on any atom is -0.352 e. The van der Waals surface area contributed by atoms with E-state index in [0.29, 0.717) is 12.1 Å². The average molecular weight is 502 g/mol. The first-order chi connectivity index (χ1) is 16.4. The van der Waals surface area contributed by atoms with E-state index in [4.69, 9.17) is 0 Å². The number of amides is 2. The Kier molecular flexibility index (Phi) is 9.89. The van der Waals surface area contributed by atoms with E-state index in [9.17, 15) is 18.0 Å². The Bertz CT molecular complexity index is 1150. The summed E-state index contributed by atoms with van der Waals surface area (Å²) < 4.78 is 26.7. The Morgan fingerprint density at radius 1 is 1.00 bits per heavy atom. The smallest absolute Gasteiger partial charge is 0.244 e.